The Labute approximate surface area is 105 Å². The molecule has 1 N–H and O–H groups in total. The summed E-state index contributed by atoms with van der Waals surface area (Å²) in [5.41, 5.74) is 0.961. The van der Waals surface area contributed by atoms with Gasteiger partial charge in [0, 0.05) is 24.5 Å². The van der Waals surface area contributed by atoms with E-state index in [9.17, 15) is 4.79 Å². The molecule has 0 aliphatic carbocycles. The van der Waals surface area contributed by atoms with E-state index in [0.29, 0.717) is 24.5 Å². The fraction of sp³-hybridized carbons (Fsp3) is 0.417. The number of ether oxygens (including phenoxy) is 1. The number of amides is 1. The van der Waals surface area contributed by atoms with Crippen LogP contribution in [-0.2, 0) is 11.3 Å². The van der Waals surface area contributed by atoms with Crippen LogP contribution in [0.25, 0.3) is 0 Å². The molecule has 1 saturated heterocycles. The molecule has 5 heteroatoms. The van der Waals surface area contributed by atoms with Gasteiger partial charge in [-0.15, -0.1) is 0 Å². The zero-order valence-corrected chi connectivity index (χ0v) is 10.4. The van der Waals surface area contributed by atoms with Gasteiger partial charge < -0.3 is 9.29 Å². The van der Waals surface area contributed by atoms with Crippen molar-refractivity contribution in [1.82, 2.24) is 4.90 Å². The Morgan fingerprint density at radius 2 is 2.24 bits per heavy atom. The molecule has 2 unspecified atom stereocenters. The summed E-state index contributed by atoms with van der Waals surface area (Å²) in [7, 11) is 0. The third-order valence-electron chi connectivity index (χ3n) is 2.83. The van der Waals surface area contributed by atoms with Crippen LogP contribution in [0.2, 0.25) is 0 Å². The van der Waals surface area contributed by atoms with Crippen molar-refractivity contribution in [3.05, 3.63) is 35.9 Å². The number of likely N-dealkylation sites (tertiary alicyclic amines) is 1. The van der Waals surface area contributed by atoms with E-state index in [1.165, 1.54) is 4.90 Å². The van der Waals surface area contributed by atoms with Gasteiger partial charge in [-0.3, -0.25) is 4.90 Å². The second kappa shape index (κ2) is 5.42. The van der Waals surface area contributed by atoms with Gasteiger partial charge in [0.15, 0.2) is 0 Å². The molecule has 1 aliphatic heterocycles. The van der Waals surface area contributed by atoms with Crippen molar-refractivity contribution in [3.8, 4) is 0 Å². The highest BCUT2D eigenvalue weighted by Crippen LogP contribution is 2.32. The zero-order valence-electron chi connectivity index (χ0n) is 9.57. The first kappa shape index (κ1) is 12.3. The summed E-state index contributed by atoms with van der Waals surface area (Å²) in [6.07, 6.45) is -0.362. The van der Waals surface area contributed by atoms with Gasteiger partial charge in [-0.1, -0.05) is 37.3 Å². The lowest BCUT2D eigenvalue weighted by atomic mass is 10.0. The van der Waals surface area contributed by atoms with E-state index in [2.05, 4.69) is 0 Å². The zero-order chi connectivity index (χ0) is 12.3. The van der Waals surface area contributed by atoms with E-state index in [1.54, 1.807) is 0 Å². The van der Waals surface area contributed by atoms with Crippen molar-refractivity contribution in [2.75, 3.05) is 6.54 Å². The van der Waals surface area contributed by atoms with E-state index in [-0.39, 0.29) is 18.1 Å². The number of rotatable bonds is 3. The van der Waals surface area contributed by atoms with Gasteiger partial charge in [0.05, 0.1) is 0 Å². The Morgan fingerprint density at radius 1 is 1.53 bits per heavy atom. The number of carbonyl (C=O) groups excluding carboxylic acids is 1. The second-order valence-electron chi connectivity index (χ2n) is 4.17. The molecule has 0 saturated carbocycles. The SMILES string of the molecule is CC1CN(C(=O)OCc2ccccc2)C1SO. The van der Waals surface area contributed by atoms with Gasteiger partial charge in [0.25, 0.3) is 0 Å². The first-order valence-corrected chi connectivity index (χ1v) is 6.33. The van der Waals surface area contributed by atoms with Crippen LogP contribution in [0.5, 0.6) is 0 Å². The van der Waals surface area contributed by atoms with Crippen molar-refractivity contribution >= 4 is 18.1 Å². The summed E-state index contributed by atoms with van der Waals surface area (Å²) >= 11 is 0.703. The molecule has 1 fully saturated rings. The highest BCUT2D eigenvalue weighted by Gasteiger charge is 2.40. The summed E-state index contributed by atoms with van der Waals surface area (Å²) in [4.78, 5) is 13.2. The first-order valence-electron chi connectivity index (χ1n) is 5.50. The summed E-state index contributed by atoms with van der Waals surface area (Å²) in [6, 6.07) is 9.54. The molecule has 92 valence electrons. The highest BCUT2D eigenvalue weighted by atomic mass is 32.2. The Hall–Kier alpha value is -1.20. The summed E-state index contributed by atoms with van der Waals surface area (Å²) in [6.45, 7) is 2.91. The van der Waals surface area contributed by atoms with Gasteiger partial charge in [-0.25, -0.2) is 4.79 Å². The van der Waals surface area contributed by atoms with E-state index in [0.717, 1.165) is 5.56 Å². The van der Waals surface area contributed by atoms with Gasteiger partial charge in [0.2, 0.25) is 0 Å². The third kappa shape index (κ3) is 2.73. The van der Waals surface area contributed by atoms with Crippen molar-refractivity contribution in [3.63, 3.8) is 0 Å². The molecule has 1 aliphatic rings. The lowest BCUT2D eigenvalue weighted by molar-refractivity contribution is 0.0411. The normalized spacial score (nSPS) is 23.1. The lowest BCUT2D eigenvalue weighted by Crippen LogP contribution is -2.55. The Balaban J connectivity index is 1.82. The number of nitrogens with zero attached hydrogens (tertiary/aromatic N) is 1. The van der Waals surface area contributed by atoms with E-state index < -0.39 is 0 Å². The fourth-order valence-corrected chi connectivity index (χ4v) is 2.39. The quantitative estimate of drug-likeness (QED) is 0.841. The van der Waals surface area contributed by atoms with Crippen LogP contribution in [-0.4, -0.2) is 27.5 Å². The smallest absolute Gasteiger partial charge is 0.411 e. The van der Waals surface area contributed by atoms with Crippen molar-refractivity contribution < 1.29 is 14.1 Å². The topological polar surface area (TPSA) is 49.8 Å². The highest BCUT2D eigenvalue weighted by molar-refractivity contribution is 7.94. The number of hydrogen-bond donors (Lipinski definition) is 1. The van der Waals surface area contributed by atoms with Gasteiger partial charge >= 0.3 is 6.09 Å². The molecule has 2 atom stereocenters. The molecular formula is C12H15NO3S. The van der Waals surface area contributed by atoms with E-state index >= 15 is 0 Å². The first-order chi connectivity index (χ1) is 8.22. The molecule has 0 spiro atoms. The predicted octanol–water partition coefficient (Wildman–Crippen LogP) is 2.81. The van der Waals surface area contributed by atoms with Gasteiger partial charge in [-0.2, -0.15) is 0 Å². The van der Waals surface area contributed by atoms with Crippen LogP contribution in [0.1, 0.15) is 12.5 Å². The maximum atomic E-state index is 11.7. The molecule has 0 radical (unpaired) electrons. The maximum absolute atomic E-state index is 11.7. The van der Waals surface area contributed by atoms with E-state index in [4.69, 9.17) is 9.29 Å². The Kier molecular flexibility index (Phi) is 3.91. The summed E-state index contributed by atoms with van der Waals surface area (Å²) in [5, 5.41) is -0.168. The molecule has 1 aromatic rings. The molecule has 0 bridgehead atoms. The molecule has 4 nitrogen and oxygen atoms in total. The van der Waals surface area contributed by atoms with Crippen LogP contribution < -0.4 is 0 Å². The minimum atomic E-state index is -0.362. The number of carbonyl (C=O) groups is 1. The predicted molar refractivity (Wildman–Crippen MR) is 66.5 cm³/mol. The standard InChI is InChI=1S/C12H15NO3S/c1-9-7-13(11(9)17-15)12(14)16-8-10-5-3-2-4-6-10/h2-6,9,11,15H,7-8H2,1H3. The fourth-order valence-electron chi connectivity index (χ4n) is 1.81. The minimum Gasteiger partial charge on any atom is -0.445 e. The van der Waals surface area contributed by atoms with Crippen LogP contribution in [0.4, 0.5) is 4.79 Å². The monoisotopic (exact) mass is 253 g/mol. The van der Waals surface area contributed by atoms with Crippen LogP contribution in [0.15, 0.2) is 30.3 Å². The Morgan fingerprint density at radius 3 is 2.82 bits per heavy atom. The average Bonchev–Trinajstić information content (AvgIpc) is 2.35. The third-order valence-corrected chi connectivity index (χ3v) is 3.76. The van der Waals surface area contributed by atoms with Gasteiger partial charge in [0.1, 0.15) is 12.0 Å². The van der Waals surface area contributed by atoms with Gasteiger partial charge in [-0.05, 0) is 5.56 Å². The molecule has 2 rings (SSSR count). The van der Waals surface area contributed by atoms with Crippen LogP contribution >= 0.6 is 12.0 Å². The molecule has 1 aromatic carbocycles. The largest absolute Gasteiger partial charge is 0.445 e. The van der Waals surface area contributed by atoms with Crippen molar-refractivity contribution in [2.24, 2.45) is 5.92 Å². The minimum absolute atomic E-state index is 0.168. The molecule has 1 heterocycles. The number of hydrogen-bond acceptors (Lipinski definition) is 4. The van der Waals surface area contributed by atoms with E-state index in [1.807, 2.05) is 37.3 Å². The average molecular weight is 253 g/mol. The van der Waals surface area contributed by atoms with Crippen molar-refractivity contribution in [2.45, 2.75) is 18.9 Å². The maximum Gasteiger partial charge on any atom is 0.411 e. The van der Waals surface area contributed by atoms with Crippen LogP contribution in [0.3, 0.4) is 0 Å². The molecule has 1 amide bonds. The Bertz CT molecular complexity index is 385. The van der Waals surface area contributed by atoms with Crippen molar-refractivity contribution in [1.29, 1.82) is 0 Å². The number of benzene rings is 1. The second-order valence-corrected chi connectivity index (χ2v) is 4.86. The molecule has 17 heavy (non-hydrogen) atoms. The molecule has 0 aromatic heterocycles. The lowest BCUT2D eigenvalue weighted by Gasteiger charge is -2.43. The van der Waals surface area contributed by atoms with Crippen LogP contribution in [0, 0.1) is 5.92 Å². The summed E-state index contributed by atoms with van der Waals surface area (Å²) < 4.78 is 14.2. The molecular weight excluding hydrogens is 238 g/mol. The summed E-state index contributed by atoms with van der Waals surface area (Å²) in [5.74, 6) is 0.314.